The van der Waals surface area contributed by atoms with Crippen LogP contribution in [0.4, 0.5) is 0 Å². The van der Waals surface area contributed by atoms with Gasteiger partial charge in [0.05, 0.1) is 18.8 Å². The summed E-state index contributed by atoms with van der Waals surface area (Å²) >= 11 is 0. The van der Waals surface area contributed by atoms with Crippen LogP contribution in [0.5, 0.6) is 0 Å². The minimum atomic E-state index is -1.17. The van der Waals surface area contributed by atoms with Crippen molar-refractivity contribution in [1.82, 2.24) is 5.32 Å². The number of β-amino-alcohol motifs (C(OH)–C–C–N with tert-alkyl or cyclic N) is 1. The minimum absolute atomic E-state index is 0.154. The molecule has 172 valence electrons. The largest absolute Gasteiger partial charge is 0.472 e. The molecule has 0 saturated heterocycles. The van der Waals surface area contributed by atoms with E-state index in [4.69, 9.17) is 9.84 Å². The van der Waals surface area contributed by atoms with E-state index in [0.29, 0.717) is 12.1 Å². The zero-order valence-electron chi connectivity index (χ0n) is 19.3. The normalized spacial score (nSPS) is 13.2. The van der Waals surface area contributed by atoms with Crippen molar-refractivity contribution in [2.45, 2.75) is 44.9 Å². The molecular weight excluding hydrogens is 414 g/mol. The Morgan fingerprint density at radius 2 is 1.76 bits per heavy atom. The summed E-state index contributed by atoms with van der Waals surface area (Å²) in [4.78, 5) is 10.7. The summed E-state index contributed by atoms with van der Waals surface area (Å²) in [7, 11) is 0. The number of nitrogens with one attached hydrogen (secondary N) is 1. The maximum absolute atomic E-state index is 10.7. The van der Waals surface area contributed by atoms with E-state index < -0.39 is 12.1 Å². The first kappa shape index (κ1) is 24.5. The summed E-state index contributed by atoms with van der Waals surface area (Å²) < 4.78 is 5.86. The van der Waals surface area contributed by atoms with Crippen LogP contribution in [-0.2, 0) is 16.0 Å². The Labute approximate surface area is 195 Å². The monoisotopic (exact) mass is 445 g/mol. The van der Waals surface area contributed by atoms with E-state index in [1.165, 1.54) is 16.3 Å². The fourth-order valence-corrected chi connectivity index (χ4v) is 3.81. The molecule has 0 fully saturated rings. The van der Waals surface area contributed by atoms with Gasteiger partial charge in [-0.15, -0.1) is 0 Å². The lowest BCUT2D eigenvalue weighted by Crippen LogP contribution is -2.46. The summed E-state index contributed by atoms with van der Waals surface area (Å²) in [6, 6.07) is 22.1. The van der Waals surface area contributed by atoms with Gasteiger partial charge in [0.25, 0.3) is 0 Å². The van der Waals surface area contributed by atoms with E-state index in [2.05, 4.69) is 61.3 Å². The lowest BCUT2D eigenvalue weighted by atomic mass is 9.93. The number of hydrogen-bond acceptors (Lipinski definition) is 4. The van der Waals surface area contributed by atoms with Crippen LogP contribution in [0.1, 0.15) is 43.6 Å². The van der Waals surface area contributed by atoms with E-state index in [0.717, 1.165) is 12.0 Å². The van der Waals surface area contributed by atoms with Crippen molar-refractivity contribution in [3.8, 4) is 11.8 Å². The number of rotatable bonds is 9. The SMILES string of the molecule is CC(OC[C@H](O)CNC(C)(C)Cc1ccc2ccccc2c1)c1ccccc1C#CC(=O)O. The van der Waals surface area contributed by atoms with E-state index in [1.807, 2.05) is 31.2 Å². The van der Waals surface area contributed by atoms with Crippen LogP contribution in [0.3, 0.4) is 0 Å². The zero-order valence-corrected chi connectivity index (χ0v) is 19.3. The van der Waals surface area contributed by atoms with E-state index in [9.17, 15) is 9.90 Å². The van der Waals surface area contributed by atoms with Crippen molar-refractivity contribution >= 4 is 16.7 Å². The number of fused-ring (bicyclic) bond motifs is 1. The predicted octanol–water partition coefficient (Wildman–Crippen LogP) is 4.33. The van der Waals surface area contributed by atoms with Gasteiger partial charge in [-0.3, -0.25) is 0 Å². The Kier molecular flexibility index (Phi) is 8.24. The number of hydrogen-bond donors (Lipinski definition) is 3. The van der Waals surface area contributed by atoms with Gasteiger partial charge in [-0.1, -0.05) is 66.6 Å². The molecule has 3 rings (SSSR count). The van der Waals surface area contributed by atoms with Gasteiger partial charge in [-0.05, 0) is 55.2 Å². The number of benzene rings is 3. The summed E-state index contributed by atoms with van der Waals surface area (Å²) in [6.07, 6.45) is -0.178. The van der Waals surface area contributed by atoms with Crippen molar-refractivity contribution in [3.05, 3.63) is 83.4 Å². The average molecular weight is 446 g/mol. The first-order valence-electron chi connectivity index (χ1n) is 11.1. The number of aliphatic carboxylic acids is 1. The summed E-state index contributed by atoms with van der Waals surface area (Å²) in [6.45, 7) is 6.66. The standard InChI is InChI=1S/C28H31NO4/c1-20(26-11-7-6-9-23(26)14-15-27(31)32)33-19-25(30)18-29-28(2,3)17-21-12-13-22-8-4-5-10-24(22)16-21/h4-13,16,20,25,29-30H,17-19H2,1-3H3,(H,31,32)/t20?,25-/m1/s1. The van der Waals surface area contributed by atoms with Gasteiger partial charge in [-0.2, -0.15) is 0 Å². The molecule has 3 N–H and O–H groups in total. The minimum Gasteiger partial charge on any atom is -0.472 e. The number of ether oxygens (including phenoxy) is 1. The third kappa shape index (κ3) is 7.44. The number of carboxylic acid groups (broad SMARTS) is 1. The number of carbonyl (C=O) groups is 1. The third-order valence-electron chi connectivity index (χ3n) is 5.52. The molecule has 2 atom stereocenters. The van der Waals surface area contributed by atoms with Gasteiger partial charge < -0.3 is 20.3 Å². The maximum atomic E-state index is 10.7. The molecule has 0 saturated carbocycles. The molecule has 0 amide bonds. The van der Waals surface area contributed by atoms with Crippen LogP contribution in [0.2, 0.25) is 0 Å². The lowest BCUT2D eigenvalue weighted by molar-refractivity contribution is -0.130. The quantitative estimate of drug-likeness (QED) is 0.428. The Morgan fingerprint density at radius 1 is 1.06 bits per heavy atom. The van der Waals surface area contributed by atoms with Gasteiger partial charge in [-0.25, -0.2) is 4.79 Å². The molecule has 0 spiro atoms. The number of aliphatic hydroxyl groups is 1. The lowest BCUT2D eigenvalue weighted by Gasteiger charge is -2.28. The Balaban J connectivity index is 1.52. The molecule has 3 aromatic rings. The summed E-state index contributed by atoms with van der Waals surface area (Å²) in [5, 5.41) is 25.2. The molecule has 0 aliphatic rings. The topological polar surface area (TPSA) is 78.8 Å². The number of carboxylic acids is 1. The van der Waals surface area contributed by atoms with Crippen molar-refractivity contribution in [1.29, 1.82) is 0 Å². The third-order valence-corrected chi connectivity index (χ3v) is 5.52. The van der Waals surface area contributed by atoms with Crippen molar-refractivity contribution in [2.75, 3.05) is 13.2 Å². The van der Waals surface area contributed by atoms with Crippen LogP contribution < -0.4 is 5.32 Å². The highest BCUT2D eigenvalue weighted by Crippen LogP contribution is 2.22. The molecule has 3 aromatic carbocycles. The molecule has 0 aliphatic heterocycles. The smallest absolute Gasteiger partial charge is 0.382 e. The molecule has 0 bridgehead atoms. The maximum Gasteiger partial charge on any atom is 0.382 e. The molecule has 33 heavy (non-hydrogen) atoms. The van der Waals surface area contributed by atoms with Crippen LogP contribution in [0.25, 0.3) is 10.8 Å². The van der Waals surface area contributed by atoms with Gasteiger partial charge in [0.1, 0.15) is 0 Å². The fraction of sp³-hybridized carbons (Fsp3) is 0.321. The molecule has 0 aromatic heterocycles. The molecule has 5 nitrogen and oxygen atoms in total. The van der Waals surface area contributed by atoms with E-state index in [1.54, 1.807) is 12.1 Å². The van der Waals surface area contributed by atoms with Crippen molar-refractivity contribution in [3.63, 3.8) is 0 Å². The van der Waals surface area contributed by atoms with E-state index in [-0.39, 0.29) is 18.2 Å². The molecule has 0 aliphatic carbocycles. The van der Waals surface area contributed by atoms with Gasteiger partial charge in [0.2, 0.25) is 0 Å². The second-order valence-corrected chi connectivity index (χ2v) is 8.89. The summed E-state index contributed by atoms with van der Waals surface area (Å²) in [5.74, 6) is 3.62. The predicted molar refractivity (Wildman–Crippen MR) is 131 cm³/mol. The molecule has 1 unspecified atom stereocenters. The van der Waals surface area contributed by atoms with Crippen LogP contribution in [0.15, 0.2) is 66.7 Å². The summed E-state index contributed by atoms with van der Waals surface area (Å²) in [5.41, 5.74) is 2.44. The van der Waals surface area contributed by atoms with Crippen molar-refractivity contribution < 1.29 is 19.7 Å². The van der Waals surface area contributed by atoms with Gasteiger partial charge >= 0.3 is 5.97 Å². The zero-order chi connectivity index (χ0) is 23.8. The molecule has 0 heterocycles. The van der Waals surface area contributed by atoms with E-state index >= 15 is 0 Å². The first-order valence-corrected chi connectivity index (χ1v) is 11.1. The van der Waals surface area contributed by atoms with Gasteiger partial charge in [0.15, 0.2) is 0 Å². The average Bonchev–Trinajstić information content (AvgIpc) is 2.79. The Morgan fingerprint density at radius 3 is 2.52 bits per heavy atom. The molecule has 5 heteroatoms. The highest BCUT2D eigenvalue weighted by atomic mass is 16.5. The van der Waals surface area contributed by atoms with Crippen LogP contribution >= 0.6 is 0 Å². The second kappa shape index (κ2) is 11.1. The van der Waals surface area contributed by atoms with Gasteiger partial charge in [0, 0.05) is 23.6 Å². The fourth-order valence-electron chi connectivity index (χ4n) is 3.81. The highest BCUT2D eigenvalue weighted by Gasteiger charge is 2.20. The molecule has 0 radical (unpaired) electrons. The first-order chi connectivity index (χ1) is 15.7. The number of aliphatic hydroxyl groups excluding tert-OH is 1. The Bertz CT molecular complexity index is 1160. The van der Waals surface area contributed by atoms with Crippen molar-refractivity contribution in [2.24, 2.45) is 0 Å². The molecular formula is C28H31NO4. The second-order valence-electron chi connectivity index (χ2n) is 8.89. The Hall–Kier alpha value is -3.17. The van der Waals surface area contributed by atoms with Crippen LogP contribution in [0, 0.1) is 11.8 Å². The highest BCUT2D eigenvalue weighted by molar-refractivity contribution is 5.87. The van der Waals surface area contributed by atoms with Crippen LogP contribution in [-0.4, -0.2) is 41.0 Å².